The number of carbonyl (C=O) groups excluding carboxylic acids is 1. The summed E-state index contributed by atoms with van der Waals surface area (Å²) in [6, 6.07) is 6.49. The number of rotatable bonds is 3. The number of amides is 1. The molecule has 0 aromatic heterocycles. The van der Waals surface area contributed by atoms with E-state index in [2.05, 4.69) is 0 Å². The molecule has 0 heterocycles. The maximum Gasteiger partial charge on any atom is 0.335 e. The van der Waals surface area contributed by atoms with E-state index in [1.54, 1.807) is 36.2 Å². The van der Waals surface area contributed by atoms with Crippen LogP contribution in [-0.2, 0) is 4.79 Å². The number of fused-ring (bicyclic) bond motifs is 1. The first-order chi connectivity index (χ1) is 9.59. The van der Waals surface area contributed by atoms with Crippen LogP contribution >= 0.6 is 0 Å². The maximum atomic E-state index is 12.5. The van der Waals surface area contributed by atoms with Crippen LogP contribution in [0.4, 0.5) is 5.69 Å². The van der Waals surface area contributed by atoms with Gasteiger partial charge in [-0.3, -0.25) is 4.79 Å². The average Bonchev–Trinajstić information content (AvgIpc) is 3.20. The number of carboxylic acids is 1. The Morgan fingerprint density at radius 2 is 1.65 bits per heavy atom. The first kappa shape index (κ1) is 13.2. The summed E-state index contributed by atoms with van der Waals surface area (Å²) in [6.07, 6.45) is 4.88. The smallest absolute Gasteiger partial charge is 0.335 e. The van der Waals surface area contributed by atoms with Gasteiger partial charge in [0.2, 0.25) is 5.91 Å². The number of anilines is 1. The van der Waals surface area contributed by atoms with E-state index in [0.717, 1.165) is 5.69 Å². The Labute approximate surface area is 118 Å². The van der Waals surface area contributed by atoms with Crippen LogP contribution in [0.5, 0.6) is 0 Å². The van der Waals surface area contributed by atoms with Gasteiger partial charge in [-0.2, -0.15) is 0 Å². The van der Waals surface area contributed by atoms with Gasteiger partial charge < -0.3 is 10.0 Å². The van der Waals surface area contributed by atoms with Gasteiger partial charge in [0.05, 0.1) is 5.56 Å². The Balaban J connectivity index is 1.70. The van der Waals surface area contributed by atoms with Crippen molar-refractivity contribution in [1.29, 1.82) is 0 Å². The molecule has 1 N–H and O–H groups in total. The Hall–Kier alpha value is -1.84. The lowest BCUT2D eigenvalue weighted by molar-refractivity contribution is -0.120. The molecule has 3 rings (SSSR count). The minimum atomic E-state index is -0.946. The van der Waals surface area contributed by atoms with Crippen LogP contribution in [0.3, 0.4) is 0 Å². The van der Waals surface area contributed by atoms with E-state index in [-0.39, 0.29) is 17.4 Å². The van der Waals surface area contributed by atoms with Crippen molar-refractivity contribution >= 4 is 17.6 Å². The summed E-state index contributed by atoms with van der Waals surface area (Å²) in [7, 11) is 1.78. The van der Waals surface area contributed by atoms with Gasteiger partial charge in [0.25, 0.3) is 0 Å². The van der Waals surface area contributed by atoms with Gasteiger partial charge in [0, 0.05) is 18.7 Å². The normalized spacial score (nSPS) is 27.6. The third-order valence-electron chi connectivity index (χ3n) is 4.77. The lowest BCUT2D eigenvalue weighted by Gasteiger charge is -2.17. The Bertz CT molecular complexity index is 525. The van der Waals surface area contributed by atoms with Crippen LogP contribution in [-0.4, -0.2) is 24.0 Å². The van der Waals surface area contributed by atoms with E-state index < -0.39 is 5.97 Å². The van der Waals surface area contributed by atoms with E-state index in [1.165, 1.54) is 25.7 Å². The Morgan fingerprint density at radius 1 is 1.10 bits per heavy atom. The van der Waals surface area contributed by atoms with Gasteiger partial charge in [-0.1, -0.05) is 12.8 Å². The van der Waals surface area contributed by atoms with Crippen molar-refractivity contribution in [2.45, 2.75) is 25.7 Å². The van der Waals surface area contributed by atoms with Crippen molar-refractivity contribution in [3.8, 4) is 0 Å². The molecule has 1 aromatic rings. The lowest BCUT2D eigenvalue weighted by Crippen LogP contribution is -2.28. The number of carbonyl (C=O) groups is 2. The standard InChI is InChI=1S/C16H19NO3/c1-17(11-8-6-10(7-9-11)16(19)20)15(18)14-12-4-2-3-5-13(12)14/h6-9,12-14H,2-5H2,1H3,(H,19,20). The summed E-state index contributed by atoms with van der Waals surface area (Å²) in [4.78, 5) is 25.0. The second-order valence-corrected chi connectivity index (χ2v) is 5.89. The van der Waals surface area contributed by atoms with Gasteiger partial charge in [-0.25, -0.2) is 4.79 Å². The fraction of sp³-hybridized carbons (Fsp3) is 0.500. The van der Waals surface area contributed by atoms with E-state index in [0.29, 0.717) is 11.8 Å². The van der Waals surface area contributed by atoms with E-state index in [1.807, 2.05) is 0 Å². The van der Waals surface area contributed by atoms with Gasteiger partial charge in [0.15, 0.2) is 0 Å². The molecule has 2 unspecified atom stereocenters. The summed E-state index contributed by atoms with van der Waals surface area (Å²) >= 11 is 0. The molecule has 106 valence electrons. The first-order valence-corrected chi connectivity index (χ1v) is 7.20. The molecule has 1 aromatic carbocycles. The molecular formula is C16H19NO3. The van der Waals surface area contributed by atoms with Gasteiger partial charge in [-0.15, -0.1) is 0 Å². The highest BCUT2D eigenvalue weighted by Gasteiger charge is 2.55. The molecular weight excluding hydrogens is 254 g/mol. The molecule has 4 heteroatoms. The Kier molecular flexibility index (Phi) is 3.24. The van der Waals surface area contributed by atoms with Crippen LogP contribution in [0.25, 0.3) is 0 Å². The van der Waals surface area contributed by atoms with Crippen molar-refractivity contribution < 1.29 is 14.7 Å². The predicted molar refractivity (Wildman–Crippen MR) is 75.7 cm³/mol. The molecule has 0 aliphatic heterocycles. The fourth-order valence-electron chi connectivity index (χ4n) is 3.54. The van der Waals surface area contributed by atoms with Gasteiger partial charge in [-0.05, 0) is 48.9 Å². The van der Waals surface area contributed by atoms with Crippen LogP contribution in [0.15, 0.2) is 24.3 Å². The molecule has 0 spiro atoms. The monoisotopic (exact) mass is 273 g/mol. The third kappa shape index (κ3) is 2.19. The zero-order valence-electron chi connectivity index (χ0n) is 11.6. The molecule has 2 aliphatic carbocycles. The predicted octanol–water partition coefficient (Wildman–Crippen LogP) is 2.78. The zero-order valence-corrected chi connectivity index (χ0v) is 11.6. The van der Waals surface area contributed by atoms with E-state index in [9.17, 15) is 9.59 Å². The first-order valence-electron chi connectivity index (χ1n) is 7.20. The quantitative estimate of drug-likeness (QED) is 0.921. The highest BCUT2D eigenvalue weighted by Crippen LogP contribution is 2.56. The Morgan fingerprint density at radius 3 is 2.15 bits per heavy atom. The molecule has 2 atom stereocenters. The fourth-order valence-corrected chi connectivity index (χ4v) is 3.54. The number of carboxylic acid groups (broad SMARTS) is 1. The number of hydrogen-bond donors (Lipinski definition) is 1. The van der Waals surface area contributed by atoms with Crippen molar-refractivity contribution in [1.82, 2.24) is 0 Å². The molecule has 0 bridgehead atoms. The minimum absolute atomic E-state index is 0.185. The van der Waals surface area contributed by atoms with Crippen molar-refractivity contribution in [2.75, 3.05) is 11.9 Å². The molecule has 20 heavy (non-hydrogen) atoms. The summed E-state index contributed by atoms with van der Waals surface area (Å²) < 4.78 is 0. The van der Waals surface area contributed by atoms with Crippen LogP contribution < -0.4 is 4.90 Å². The second kappa shape index (κ2) is 4.93. The SMILES string of the molecule is CN(C(=O)C1C2CCCCC21)c1ccc(C(=O)O)cc1. The summed E-state index contributed by atoms with van der Waals surface area (Å²) in [5.74, 6) is 0.624. The third-order valence-corrected chi connectivity index (χ3v) is 4.77. The molecule has 2 aliphatic rings. The molecule has 0 radical (unpaired) electrons. The highest BCUT2D eigenvalue weighted by molar-refractivity contribution is 5.97. The van der Waals surface area contributed by atoms with Crippen molar-refractivity contribution in [3.63, 3.8) is 0 Å². The maximum absolute atomic E-state index is 12.5. The molecule has 1 amide bonds. The number of benzene rings is 1. The van der Waals surface area contributed by atoms with E-state index >= 15 is 0 Å². The topological polar surface area (TPSA) is 57.6 Å². The van der Waals surface area contributed by atoms with Crippen molar-refractivity contribution in [3.05, 3.63) is 29.8 Å². The minimum Gasteiger partial charge on any atom is -0.478 e. The van der Waals surface area contributed by atoms with Gasteiger partial charge in [0.1, 0.15) is 0 Å². The molecule has 2 fully saturated rings. The lowest BCUT2D eigenvalue weighted by atomic mass is 10.0. The summed E-state index contributed by atoms with van der Waals surface area (Å²) in [6.45, 7) is 0. The van der Waals surface area contributed by atoms with Gasteiger partial charge >= 0.3 is 5.97 Å². The summed E-state index contributed by atoms with van der Waals surface area (Å²) in [5, 5.41) is 8.88. The zero-order chi connectivity index (χ0) is 14.3. The highest BCUT2D eigenvalue weighted by atomic mass is 16.4. The number of hydrogen-bond acceptors (Lipinski definition) is 2. The second-order valence-electron chi connectivity index (χ2n) is 5.89. The van der Waals surface area contributed by atoms with Crippen LogP contribution in [0, 0.1) is 17.8 Å². The van der Waals surface area contributed by atoms with Crippen LogP contribution in [0.1, 0.15) is 36.0 Å². The van der Waals surface area contributed by atoms with E-state index in [4.69, 9.17) is 5.11 Å². The van der Waals surface area contributed by atoms with Crippen molar-refractivity contribution in [2.24, 2.45) is 17.8 Å². The molecule has 0 saturated heterocycles. The number of nitrogens with zero attached hydrogens (tertiary/aromatic N) is 1. The van der Waals surface area contributed by atoms with Crippen LogP contribution in [0.2, 0.25) is 0 Å². The summed E-state index contributed by atoms with van der Waals surface area (Å²) in [5.41, 5.74) is 1.01. The number of aromatic carboxylic acids is 1. The molecule has 4 nitrogen and oxygen atoms in total. The largest absolute Gasteiger partial charge is 0.478 e. The average molecular weight is 273 g/mol. The molecule has 2 saturated carbocycles.